The number of anilines is 2. The number of likely N-dealkylation sites (N-methyl/N-ethyl adjacent to an activating group) is 1. The Morgan fingerprint density at radius 1 is 1.20 bits per heavy atom. The number of hydrogen-bond donors (Lipinski definition) is 0. The van der Waals surface area contributed by atoms with Gasteiger partial charge in [0.15, 0.2) is 0 Å². The fourth-order valence-corrected chi connectivity index (χ4v) is 2.91. The van der Waals surface area contributed by atoms with E-state index in [-0.39, 0.29) is 18.4 Å². The van der Waals surface area contributed by atoms with E-state index in [1.54, 1.807) is 16.8 Å². The zero-order valence-electron chi connectivity index (χ0n) is 15.5. The Morgan fingerprint density at radius 2 is 1.88 bits per heavy atom. The normalized spacial score (nSPS) is 14.3. The Balaban J connectivity index is 2.19. The number of hydrogen-bond acceptors (Lipinski definition) is 4. The smallest absolute Gasteiger partial charge is 0.242 e. The molecule has 6 nitrogen and oxygen atoms in total. The number of carbonyl (C=O) groups excluding carboxylic acids is 2. The van der Waals surface area contributed by atoms with Crippen molar-refractivity contribution in [1.29, 1.82) is 0 Å². The summed E-state index contributed by atoms with van der Waals surface area (Å²) in [7, 11) is 1.80. The van der Waals surface area contributed by atoms with Gasteiger partial charge in [0.1, 0.15) is 6.54 Å². The number of benzene rings is 1. The third kappa shape index (κ3) is 5.19. The average Bonchev–Trinajstić information content (AvgIpc) is 2.64. The van der Waals surface area contributed by atoms with Crippen LogP contribution in [0.4, 0.5) is 11.4 Å². The van der Waals surface area contributed by atoms with Crippen molar-refractivity contribution in [2.24, 2.45) is 0 Å². The lowest BCUT2D eigenvalue weighted by Crippen LogP contribution is -2.42. The van der Waals surface area contributed by atoms with Crippen molar-refractivity contribution in [1.82, 2.24) is 4.90 Å². The average molecular weight is 347 g/mol. The topological polar surface area (TPSA) is 53.1 Å². The summed E-state index contributed by atoms with van der Waals surface area (Å²) in [6, 6.07) is 7.77. The fourth-order valence-electron chi connectivity index (χ4n) is 2.91. The van der Waals surface area contributed by atoms with Gasteiger partial charge < -0.3 is 19.4 Å². The van der Waals surface area contributed by atoms with Crippen LogP contribution in [0, 0.1) is 0 Å². The van der Waals surface area contributed by atoms with Gasteiger partial charge in [-0.05, 0) is 18.6 Å². The molecule has 0 radical (unpaired) electrons. The van der Waals surface area contributed by atoms with Crippen LogP contribution in [0.5, 0.6) is 0 Å². The molecule has 0 N–H and O–H groups in total. The van der Waals surface area contributed by atoms with Gasteiger partial charge in [-0.1, -0.05) is 25.5 Å². The van der Waals surface area contributed by atoms with Crippen molar-refractivity contribution in [3.05, 3.63) is 24.3 Å². The molecule has 6 heteroatoms. The van der Waals surface area contributed by atoms with Crippen LogP contribution in [0.25, 0.3) is 0 Å². The largest absolute Gasteiger partial charge is 0.378 e. The Bertz CT molecular complexity index is 585. The predicted molar refractivity (Wildman–Crippen MR) is 100 cm³/mol. The van der Waals surface area contributed by atoms with Crippen molar-refractivity contribution >= 4 is 23.2 Å². The van der Waals surface area contributed by atoms with Crippen LogP contribution in [0.2, 0.25) is 0 Å². The number of para-hydroxylation sites is 2. The van der Waals surface area contributed by atoms with Crippen molar-refractivity contribution in [3.63, 3.8) is 0 Å². The molecule has 1 aliphatic rings. The summed E-state index contributed by atoms with van der Waals surface area (Å²) in [5.74, 6) is -0.168. The molecule has 0 atom stereocenters. The molecule has 138 valence electrons. The number of rotatable bonds is 7. The highest BCUT2D eigenvalue weighted by atomic mass is 16.5. The number of nitrogens with zero attached hydrogens (tertiary/aromatic N) is 3. The molecule has 0 aromatic heterocycles. The molecule has 2 amide bonds. The van der Waals surface area contributed by atoms with Crippen LogP contribution >= 0.6 is 0 Å². The van der Waals surface area contributed by atoms with E-state index in [1.165, 1.54) is 6.92 Å². The number of morpholine rings is 1. The van der Waals surface area contributed by atoms with Gasteiger partial charge in [-0.15, -0.1) is 0 Å². The third-order valence-electron chi connectivity index (χ3n) is 4.47. The first-order valence-electron chi connectivity index (χ1n) is 8.98. The van der Waals surface area contributed by atoms with Crippen LogP contribution in [0.1, 0.15) is 26.7 Å². The van der Waals surface area contributed by atoms with Crippen molar-refractivity contribution < 1.29 is 14.3 Å². The highest BCUT2D eigenvalue weighted by Crippen LogP contribution is 2.30. The number of unbranched alkanes of at least 4 members (excludes halogenated alkanes) is 1. The molecule has 2 rings (SSSR count). The number of amides is 2. The maximum absolute atomic E-state index is 12.5. The van der Waals surface area contributed by atoms with E-state index < -0.39 is 0 Å². The molecule has 1 aliphatic heterocycles. The molecule has 0 bridgehead atoms. The molecule has 1 aromatic rings. The number of ether oxygens (including phenoxy) is 1. The highest BCUT2D eigenvalue weighted by molar-refractivity contribution is 6.00. The molecular weight excluding hydrogens is 318 g/mol. The van der Waals surface area contributed by atoms with Gasteiger partial charge in [0.2, 0.25) is 11.8 Å². The highest BCUT2D eigenvalue weighted by Gasteiger charge is 2.23. The predicted octanol–water partition coefficient (Wildman–Crippen LogP) is 2.13. The van der Waals surface area contributed by atoms with E-state index in [9.17, 15) is 9.59 Å². The van der Waals surface area contributed by atoms with Crippen LogP contribution in [0.3, 0.4) is 0 Å². The summed E-state index contributed by atoms with van der Waals surface area (Å²) in [5, 5.41) is 0. The first-order valence-corrected chi connectivity index (χ1v) is 8.98. The maximum Gasteiger partial charge on any atom is 0.242 e. The SMILES string of the molecule is CCCCN(C)C(=O)CN(C(C)=O)c1ccccc1N1CCOCC1. The minimum absolute atomic E-state index is 0.0413. The van der Waals surface area contributed by atoms with Crippen molar-refractivity contribution in [2.75, 3.05) is 56.2 Å². The second kappa shape index (κ2) is 9.42. The van der Waals surface area contributed by atoms with E-state index in [1.807, 2.05) is 24.3 Å². The minimum atomic E-state index is -0.127. The zero-order valence-corrected chi connectivity index (χ0v) is 15.5. The molecule has 1 saturated heterocycles. The summed E-state index contributed by atoms with van der Waals surface area (Å²) < 4.78 is 5.42. The first-order chi connectivity index (χ1) is 12.0. The summed E-state index contributed by atoms with van der Waals surface area (Å²) >= 11 is 0. The molecule has 1 aromatic carbocycles. The van der Waals surface area contributed by atoms with Gasteiger partial charge in [-0.25, -0.2) is 0 Å². The molecule has 0 unspecified atom stereocenters. The molecule has 1 heterocycles. The summed E-state index contributed by atoms with van der Waals surface area (Å²) in [6.45, 7) is 7.30. The van der Waals surface area contributed by atoms with Crippen molar-refractivity contribution in [2.45, 2.75) is 26.7 Å². The second-order valence-corrected chi connectivity index (χ2v) is 6.36. The standard InChI is InChI=1S/C19H29N3O3/c1-4-5-10-20(3)19(24)15-22(16(2)23)18-9-7-6-8-17(18)21-11-13-25-14-12-21/h6-9H,4-5,10-15H2,1-3H3. The van der Waals surface area contributed by atoms with Gasteiger partial charge in [-0.2, -0.15) is 0 Å². The van der Waals surface area contributed by atoms with E-state index in [0.29, 0.717) is 19.8 Å². The molecule has 25 heavy (non-hydrogen) atoms. The Kier molecular flexibility index (Phi) is 7.25. The lowest BCUT2D eigenvalue weighted by atomic mass is 10.2. The van der Waals surface area contributed by atoms with Gasteiger partial charge >= 0.3 is 0 Å². The van der Waals surface area contributed by atoms with Crippen LogP contribution in [-0.2, 0) is 14.3 Å². The molecule has 0 saturated carbocycles. The third-order valence-corrected chi connectivity index (χ3v) is 4.47. The fraction of sp³-hybridized carbons (Fsp3) is 0.579. The summed E-state index contributed by atoms with van der Waals surface area (Å²) in [5.41, 5.74) is 1.76. The monoisotopic (exact) mass is 347 g/mol. The molecule has 0 spiro atoms. The summed E-state index contributed by atoms with van der Waals surface area (Å²) in [4.78, 5) is 30.3. The minimum Gasteiger partial charge on any atom is -0.378 e. The zero-order chi connectivity index (χ0) is 18.2. The Hall–Kier alpha value is -2.08. The van der Waals surface area contributed by atoms with Gasteiger partial charge in [0.05, 0.1) is 24.6 Å². The molecular formula is C19H29N3O3. The van der Waals surface area contributed by atoms with Crippen LogP contribution < -0.4 is 9.80 Å². The Labute approximate surface area is 150 Å². The molecule has 1 fully saturated rings. The van der Waals surface area contributed by atoms with Crippen LogP contribution in [0.15, 0.2) is 24.3 Å². The lowest BCUT2D eigenvalue weighted by molar-refractivity contribution is -0.130. The maximum atomic E-state index is 12.5. The van der Waals surface area contributed by atoms with Gasteiger partial charge in [0.25, 0.3) is 0 Å². The van der Waals surface area contributed by atoms with E-state index >= 15 is 0 Å². The Morgan fingerprint density at radius 3 is 2.52 bits per heavy atom. The summed E-state index contributed by atoms with van der Waals surface area (Å²) in [6.07, 6.45) is 2.00. The van der Waals surface area contributed by atoms with Gasteiger partial charge in [0, 0.05) is 33.6 Å². The van der Waals surface area contributed by atoms with Crippen molar-refractivity contribution in [3.8, 4) is 0 Å². The van der Waals surface area contributed by atoms with E-state index in [2.05, 4.69) is 11.8 Å². The second-order valence-electron chi connectivity index (χ2n) is 6.36. The van der Waals surface area contributed by atoms with E-state index in [4.69, 9.17) is 4.74 Å². The van der Waals surface area contributed by atoms with E-state index in [0.717, 1.165) is 37.3 Å². The molecule has 0 aliphatic carbocycles. The quantitative estimate of drug-likeness (QED) is 0.758. The first kappa shape index (κ1) is 19.2. The van der Waals surface area contributed by atoms with Gasteiger partial charge in [-0.3, -0.25) is 9.59 Å². The van der Waals surface area contributed by atoms with Crippen LogP contribution in [-0.4, -0.2) is 63.2 Å². The number of carbonyl (C=O) groups is 2. The lowest BCUT2D eigenvalue weighted by Gasteiger charge is -2.33.